The normalized spacial score (nSPS) is 13.9. The van der Waals surface area contributed by atoms with E-state index in [-0.39, 0.29) is 18.0 Å². The van der Waals surface area contributed by atoms with Crippen molar-refractivity contribution in [1.82, 2.24) is 9.88 Å². The van der Waals surface area contributed by atoms with Gasteiger partial charge in [0, 0.05) is 36.7 Å². The molecule has 4 nitrogen and oxygen atoms in total. The van der Waals surface area contributed by atoms with Gasteiger partial charge >= 0.3 is 6.03 Å². The molecule has 7 heteroatoms. The Bertz CT molecular complexity index is 695. The molecule has 0 unspecified atom stereocenters. The monoisotopic (exact) mass is 337 g/mol. The number of anilines is 1. The van der Waals surface area contributed by atoms with Gasteiger partial charge in [-0.1, -0.05) is 6.07 Å². The summed E-state index contributed by atoms with van der Waals surface area (Å²) in [5.74, 6) is -0.539. The number of rotatable bonds is 5. The van der Waals surface area contributed by atoms with E-state index in [2.05, 4.69) is 10.3 Å². The molecular formula is C16H17F2N3OS. The van der Waals surface area contributed by atoms with Gasteiger partial charge in [0.25, 0.3) is 0 Å². The lowest BCUT2D eigenvalue weighted by Crippen LogP contribution is -2.32. The number of thiazole rings is 1. The van der Waals surface area contributed by atoms with Gasteiger partial charge in [0.15, 0.2) is 5.13 Å². The van der Waals surface area contributed by atoms with Gasteiger partial charge in [-0.05, 0) is 30.9 Å². The summed E-state index contributed by atoms with van der Waals surface area (Å²) in [7, 11) is 1.75. The number of carbonyl (C=O) groups excluding carboxylic acids is 1. The average molecular weight is 337 g/mol. The maximum atomic E-state index is 13.7. The number of amides is 2. The van der Waals surface area contributed by atoms with Crippen LogP contribution in [-0.4, -0.2) is 29.5 Å². The van der Waals surface area contributed by atoms with Crippen LogP contribution in [0, 0.1) is 17.6 Å². The van der Waals surface area contributed by atoms with Crippen molar-refractivity contribution in [2.75, 3.05) is 18.9 Å². The van der Waals surface area contributed by atoms with Crippen molar-refractivity contribution in [2.24, 2.45) is 5.92 Å². The molecule has 2 aromatic rings. The molecule has 0 spiro atoms. The Kier molecular flexibility index (Phi) is 4.56. The largest absolute Gasteiger partial charge is 0.327 e. The third-order valence-electron chi connectivity index (χ3n) is 3.76. The zero-order valence-corrected chi connectivity index (χ0v) is 13.5. The van der Waals surface area contributed by atoms with Gasteiger partial charge in [-0.2, -0.15) is 0 Å². The Balaban J connectivity index is 1.62. The van der Waals surface area contributed by atoms with E-state index in [1.165, 1.54) is 48.6 Å². The lowest BCUT2D eigenvalue weighted by atomic mass is 10.1. The second kappa shape index (κ2) is 6.62. The van der Waals surface area contributed by atoms with Crippen LogP contribution >= 0.6 is 11.3 Å². The number of carbonyl (C=O) groups is 1. The molecule has 1 N–H and O–H groups in total. The molecule has 23 heavy (non-hydrogen) atoms. The first-order valence-corrected chi connectivity index (χ1v) is 8.24. The summed E-state index contributed by atoms with van der Waals surface area (Å²) in [5.41, 5.74) is 0.0138. The molecule has 0 atom stereocenters. The SMILES string of the molecule is CN(CC1CC1)C(=O)Nc1ncc(Cc2c(F)cccc2F)s1. The van der Waals surface area contributed by atoms with Crippen molar-refractivity contribution in [3.05, 3.63) is 46.5 Å². The van der Waals surface area contributed by atoms with E-state index in [4.69, 9.17) is 0 Å². The van der Waals surface area contributed by atoms with Crippen LogP contribution in [0.15, 0.2) is 24.4 Å². The standard InChI is InChI=1S/C16H17F2N3OS/c1-21(9-10-5-6-10)16(22)20-15-19-8-11(23-15)7-12-13(17)3-2-4-14(12)18/h2-4,8,10H,5-7,9H2,1H3,(H,19,20,22). The van der Waals surface area contributed by atoms with Crippen molar-refractivity contribution in [3.63, 3.8) is 0 Å². The van der Waals surface area contributed by atoms with Crippen LogP contribution in [0.1, 0.15) is 23.3 Å². The van der Waals surface area contributed by atoms with Crippen LogP contribution in [0.5, 0.6) is 0 Å². The topological polar surface area (TPSA) is 45.2 Å². The summed E-state index contributed by atoms with van der Waals surface area (Å²) in [6.45, 7) is 0.741. The van der Waals surface area contributed by atoms with Gasteiger partial charge in [-0.25, -0.2) is 18.6 Å². The fourth-order valence-corrected chi connectivity index (χ4v) is 3.09. The number of hydrogen-bond acceptors (Lipinski definition) is 3. The second-order valence-electron chi connectivity index (χ2n) is 5.76. The van der Waals surface area contributed by atoms with Gasteiger partial charge < -0.3 is 4.90 Å². The lowest BCUT2D eigenvalue weighted by molar-refractivity contribution is 0.220. The molecule has 122 valence electrons. The molecule has 1 aliphatic rings. The van der Waals surface area contributed by atoms with Gasteiger partial charge in [0.1, 0.15) is 11.6 Å². The number of nitrogens with zero attached hydrogens (tertiary/aromatic N) is 2. The van der Waals surface area contributed by atoms with Gasteiger partial charge in [0.2, 0.25) is 0 Å². The van der Waals surface area contributed by atoms with Crippen LogP contribution < -0.4 is 5.32 Å². The Morgan fingerprint density at radius 2 is 2.09 bits per heavy atom. The van der Waals surface area contributed by atoms with Crippen LogP contribution in [0.4, 0.5) is 18.7 Å². The van der Waals surface area contributed by atoms with Gasteiger partial charge in [0.05, 0.1) is 0 Å². The minimum absolute atomic E-state index is 0.0138. The summed E-state index contributed by atoms with van der Waals surface area (Å²) in [4.78, 5) is 18.4. The quantitative estimate of drug-likeness (QED) is 0.900. The van der Waals surface area contributed by atoms with E-state index in [1.807, 2.05) is 0 Å². The van der Waals surface area contributed by atoms with Crippen molar-refractivity contribution in [3.8, 4) is 0 Å². The van der Waals surface area contributed by atoms with E-state index >= 15 is 0 Å². The molecule has 1 aromatic heterocycles. The number of hydrogen-bond donors (Lipinski definition) is 1. The van der Waals surface area contributed by atoms with Crippen LogP contribution in [0.2, 0.25) is 0 Å². The number of halogens is 2. The molecular weight excluding hydrogens is 320 g/mol. The molecule has 0 radical (unpaired) electrons. The van der Waals surface area contributed by atoms with Gasteiger partial charge in [-0.3, -0.25) is 5.32 Å². The zero-order chi connectivity index (χ0) is 16.4. The Hall–Kier alpha value is -2.02. The predicted molar refractivity (Wildman–Crippen MR) is 85.7 cm³/mol. The second-order valence-corrected chi connectivity index (χ2v) is 6.88. The van der Waals surface area contributed by atoms with Gasteiger partial charge in [-0.15, -0.1) is 11.3 Å². The highest BCUT2D eigenvalue weighted by Crippen LogP contribution is 2.29. The van der Waals surface area contributed by atoms with Crippen molar-refractivity contribution in [2.45, 2.75) is 19.3 Å². The van der Waals surface area contributed by atoms with E-state index in [0.29, 0.717) is 15.9 Å². The maximum Gasteiger partial charge on any atom is 0.323 e. The zero-order valence-electron chi connectivity index (χ0n) is 12.7. The average Bonchev–Trinajstić information content (AvgIpc) is 3.21. The van der Waals surface area contributed by atoms with Crippen molar-refractivity contribution < 1.29 is 13.6 Å². The minimum atomic E-state index is -0.576. The molecule has 1 aliphatic carbocycles. The van der Waals surface area contributed by atoms with Crippen LogP contribution in [-0.2, 0) is 6.42 Å². The summed E-state index contributed by atoms with van der Waals surface area (Å²) < 4.78 is 27.3. The molecule has 1 aromatic carbocycles. The van der Waals surface area contributed by atoms with E-state index in [1.54, 1.807) is 11.9 Å². The minimum Gasteiger partial charge on any atom is -0.327 e. The van der Waals surface area contributed by atoms with Crippen LogP contribution in [0.3, 0.4) is 0 Å². The van der Waals surface area contributed by atoms with Crippen molar-refractivity contribution in [1.29, 1.82) is 0 Å². The lowest BCUT2D eigenvalue weighted by Gasteiger charge is -2.16. The Labute approximate surface area is 137 Å². The first kappa shape index (κ1) is 15.9. The molecule has 0 aliphatic heterocycles. The van der Waals surface area contributed by atoms with Crippen LogP contribution in [0.25, 0.3) is 0 Å². The number of nitrogens with one attached hydrogen (secondary N) is 1. The predicted octanol–water partition coefficient (Wildman–Crippen LogP) is 3.89. The highest BCUT2D eigenvalue weighted by atomic mass is 32.1. The van der Waals surface area contributed by atoms with E-state index < -0.39 is 11.6 Å². The number of urea groups is 1. The summed E-state index contributed by atoms with van der Waals surface area (Å²) in [5, 5.41) is 3.15. The molecule has 0 bridgehead atoms. The molecule has 3 rings (SSSR count). The highest BCUT2D eigenvalue weighted by Gasteiger charge is 2.25. The fourth-order valence-electron chi connectivity index (χ4n) is 2.28. The molecule has 0 saturated heterocycles. The molecule has 1 fully saturated rings. The first-order chi connectivity index (χ1) is 11.0. The molecule has 2 amide bonds. The Morgan fingerprint density at radius 3 is 2.74 bits per heavy atom. The fraction of sp³-hybridized carbons (Fsp3) is 0.375. The smallest absolute Gasteiger partial charge is 0.323 e. The third kappa shape index (κ3) is 4.04. The third-order valence-corrected chi connectivity index (χ3v) is 4.67. The molecule has 1 saturated carbocycles. The van der Waals surface area contributed by atoms with E-state index in [9.17, 15) is 13.6 Å². The maximum absolute atomic E-state index is 13.7. The molecule has 1 heterocycles. The first-order valence-electron chi connectivity index (χ1n) is 7.42. The van der Waals surface area contributed by atoms with E-state index in [0.717, 1.165) is 6.54 Å². The summed E-state index contributed by atoms with van der Waals surface area (Å²) in [6, 6.07) is 3.58. The summed E-state index contributed by atoms with van der Waals surface area (Å²) in [6.07, 6.45) is 4.00. The Morgan fingerprint density at radius 1 is 1.39 bits per heavy atom. The number of aromatic nitrogens is 1. The highest BCUT2D eigenvalue weighted by molar-refractivity contribution is 7.15. The van der Waals surface area contributed by atoms with Crippen molar-refractivity contribution >= 4 is 22.5 Å². The summed E-state index contributed by atoms with van der Waals surface area (Å²) >= 11 is 1.22. The number of benzene rings is 1.